The Morgan fingerprint density at radius 3 is 1.96 bits per heavy atom. The molecule has 0 bridgehead atoms. The van der Waals surface area contributed by atoms with Gasteiger partial charge >= 0.3 is 6.09 Å². The smallest absolute Gasteiger partial charge is 0.408 e. The number of ether oxygens (including phenoxy) is 3. The molecule has 3 aromatic heterocycles. The summed E-state index contributed by atoms with van der Waals surface area (Å²) in [6.45, 7) is 22.7. The first-order valence-electron chi connectivity index (χ1n) is 15.9. The van der Waals surface area contributed by atoms with Gasteiger partial charge in [0, 0.05) is 11.6 Å². The Hall–Kier alpha value is -3.26. The van der Waals surface area contributed by atoms with Crippen molar-refractivity contribution in [2.45, 2.75) is 106 Å². The first-order valence-corrected chi connectivity index (χ1v) is 17.0. The van der Waals surface area contributed by atoms with Gasteiger partial charge in [-0.25, -0.2) is 24.7 Å². The van der Waals surface area contributed by atoms with Crippen LogP contribution in [-0.4, -0.2) is 55.9 Å². The third-order valence-corrected chi connectivity index (χ3v) is 7.23. The van der Waals surface area contributed by atoms with Gasteiger partial charge < -0.3 is 31.0 Å². The maximum Gasteiger partial charge on any atom is 0.408 e. The van der Waals surface area contributed by atoms with Crippen LogP contribution in [0.3, 0.4) is 0 Å². The van der Waals surface area contributed by atoms with Gasteiger partial charge in [-0.05, 0) is 120 Å². The lowest BCUT2D eigenvalue weighted by Crippen LogP contribution is -2.52. The first kappa shape index (κ1) is 39.9. The molecule has 1 amide bonds. The van der Waals surface area contributed by atoms with Crippen LogP contribution in [0.2, 0.25) is 0 Å². The number of amides is 1. The summed E-state index contributed by atoms with van der Waals surface area (Å²) in [6, 6.07) is 9.26. The molecule has 0 aliphatic carbocycles. The molecule has 3 rings (SSSR count). The average molecular weight is 764 g/mol. The van der Waals surface area contributed by atoms with Gasteiger partial charge in [0.15, 0.2) is 0 Å². The van der Waals surface area contributed by atoms with E-state index in [-0.39, 0.29) is 5.54 Å². The summed E-state index contributed by atoms with van der Waals surface area (Å²) in [5, 5.41) is 2.97. The largest absolute Gasteiger partial charge is 0.490 e. The molecule has 0 aromatic carbocycles. The molecule has 0 unspecified atom stereocenters. The number of carbonyl (C=O) groups is 1. The molecule has 0 aliphatic rings. The van der Waals surface area contributed by atoms with Gasteiger partial charge in [0.05, 0.1) is 28.3 Å². The minimum Gasteiger partial charge on any atom is -0.490 e. The number of rotatable bonds is 12. The molecule has 5 N–H and O–H groups in total. The number of alkyl carbamates (subject to hydrolysis) is 1. The molecule has 47 heavy (non-hydrogen) atoms. The number of nitrogen functional groups attached to an aromatic ring is 1. The lowest BCUT2D eigenvalue weighted by Gasteiger charge is -2.33. The van der Waals surface area contributed by atoms with Crippen LogP contribution in [0.5, 0.6) is 11.5 Å². The van der Waals surface area contributed by atoms with Crippen LogP contribution in [0.15, 0.2) is 36.7 Å². The van der Waals surface area contributed by atoms with Crippen molar-refractivity contribution in [3.05, 3.63) is 51.7 Å². The number of aryl methyl sites for hydroxylation is 2. The van der Waals surface area contributed by atoms with Gasteiger partial charge in [-0.3, -0.25) is 0 Å². The maximum atomic E-state index is 12.2. The van der Waals surface area contributed by atoms with Crippen LogP contribution in [0.4, 0.5) is 10.6 Å². The third-order valence-electron chi connectivity index (χ3n) is 6.63. The zero-order valence-corrected chi connectivity index (χ0v) is 32.1. The Morgan fingerprint density at radius 2 is 1.43 bits per heavy atom. The number of nitrogens with two attached hydrogens (primary N) is 2. The first-order chi connectivity index (χ1) is 21.7. The van der Waals surface area contributed by atoms with Crippen molar-refractivity contribution >= 4 is 34.5 Å². The molecular weight excluding hydrogens is 709 g/mol. The summed E-state index contributed by atoms with van der Waals surface area (Å²) in [6.07, 6.45) is 2.69. The Bertz CT molecular complexity index is 1460. The fraction of sp³-hybridized carbons (Fsp3) is 0.571. The zero-order chi connectivity index (χ0) is 35.6. The Morgan fingerprint density at radius 1 is 0.851 bits per heavy atom. The molecule has 0 saturated heterocycles. The van der Waals surface area contributed by atoms with Crippen LogP contribution >= 0.6 is 22.6 Å². The Labute approximate surface area is 294 Å². The normalized spacial score (nSPS) is 14.0. The summed E-state index contributed by atoms with van der Waals surface area (Å²) in [7, 11) is 0. The Balaban J connectivity index is 0.000000327. The van der Waals surface area contributed by atoms with E-state index in [0.29, 0.717) is 36.6 Å². The molecule has 0 radical (unpaired) electrons. The molecule has 3 aromatic rings. The predicted molar refractivity (Wildman–Crippen MR) is 196 cm³/mol. The monoisotopic (exact) mass is 763 g/mol. The highest BCUT2D eigenvalue weighted by atomic mass is 127. The molecule has 3 heterocycles. The number of hydrogen-bond donors (Lipinski definition) is 3. The summed E-state index contributed by atoms with van der Waals surface area (Å²) in [5.41, 5.74) is 13.6. The number of halogens is 1. The van der Waals surface area contributed by atoms with Crippen LogP contribution < -0.4 is 26.3 Å². The number of nitrogens with one attached hydrogen (secondary N) is 1. The second-order valence-corrected chi connectivity index (χ2v) is 15.5. The van der Waals surface area contributed by atoms with Gasteiger partial charge in [0.2, 0.25) is 0 Å². The molecule has 0 spiro atoms. The molecule has 260 valence electrons. The molecule has 2 atom stereocenters. The predicted octanol–water partition coefficient (Wildman–Crippen LogP) is 7.27. The van der Waals surface area contributed by atoms with E-state index in [4.69, 9.17) is 25.7 Å². The zero-order valence-electron chi connectivity index (χ0n) is 29.9. The number of aromatic nitrogens is 4. The number of pyridine rings is 2. The lowest BCUT2D eigenvalue weighted by molar-refractivity contribution is 0.0407. The molecular formula is C35H54IN7O4. The minimum absolute atomic E-state index is 0.355. The standard InChI is InChI=1S/C18H29IN2O3.C17H25N5O/c1-12(2)10-18(7,21-16(22)24-17(4,5)6)11-23-14-8-9-15(19)20-13(14)3;1-11(2)8-17(4,19)9-23-15-6-5-13(22-12(15)3)14-7-16(18)21-10-20-14/h8-9,12H,10-11H2,1-7H3,(H,21,22);5-7,10-11H,8-9,19H2,1-4H3,(H2,18,20,21)/t18-;17-/m00/s1. The van der Waals surface area contributed by atoms with Gasteiger partial charge in [-0.1, -0.05) is 27.7 Å². The minimum atomic E-state index is -0.527. The summed E-state index contributed by atoms with van der Waals surface area (Å²) in [5.74, 6) is 2.82. The van der Waals surface area contributed by atoms with Gasteiger partial charge in [-0.15, -0.1) is 0 Å². The van der Waals surface area contributed by atoms with Crippen molar-refractivity contribution in [1.29, 1.82) is 0 Å². The lowest BCUT2D eigenvalue weighted by atomic mass is 9.91. The Kier molecular flexibility index (Phi) is 14.6. The SMILES string of the molecule is Cc1nc(-c2cc(N)ncn2)ccc1OC[C@@](C)(N)CC(C)C.Cc1nc(I)ccc1OC[C@](C)(CC(C)C)NC(=O)OC(C)(C)C. The van der Waals surface area contributed by atoms with Crippen molar-refractivity contribution in [1.82, 2.24) is 25.3 Å². The van der Waals surface area contributed by atoms with E-state index in [0.717, 1.165) is 45.1 Å². The van der Waals surface area contributed by atoms with Gasteiger partial charge in [0.25, 0.3) is 0 Å². The fourth-order valence-electron chi connectivity index (χ4n) is 5.09. The molecule has 0 saturated carbocycles. The quantitative estimate of drug-likeness (QED) is 0.126. The molecule has 0 aliphatic heterocycles. The number of anilines is 1. The third kappa shape index (κ3) is 15.0. The highest BCUT2D eigenvalue weighted by molar-refractivity contribution is 14.1. The second-order valence-electron chi connectivity index (χ2n) is 14.4. The van der Waals surface area contributed by atoms with E-state index >= 15 is 0 Å². The van der Waals surface area contributed by atoms with E-state index in [1.54, 1.807) is 6.07 Å². The van der Waals surface area contributed by atoms with Crippen molar-refractivity contribution in [2.75, 3.05) is 18.9 Å². The molecule has 0 fully saturated rings. The average Bonchev–Trinajstić information content (AvgIpc) is 2.90. The van der Waals surface area contributed by atoms with Gasteiger partial charge in [0.1, 0.15) is 46.2 Å². The highest BCUT2D eigenvalue weighted by Crippen LogP contribution is 2.25. The number of nitrogens with zero attached hydrogens (tertiary/aromatic N) is 4. The van der Waals surface area contributed by atoms with Crippen LogP contribution in [0.1, 0.15) is 86.5 Å². The van der Waals surface area contributed by atoms with Crippen LogP contribution in [0, 0.1) is 29.4 Å². The fourth-order valence-corrected chi connectivity index (χ4v) is 5.64. The molecule has 11 nitrogen and oxygen atoms in total. The van der Waals surface area contributed by atoms with Crippen molar-refractivity contribution in [2.24, 2.45) is 17.6 Å². The van der Waals surface area contributed by atoms with Crippen molar-refractivity contribution in [3.63, 3.8) is 0 Å². The summed E-state index contributed by atoms with van der Waals surface area (Å²) >= 11 is 2.17. The van der Waals surface area contributed by atoms with E-state index in [1.807, 2.05) is 72.7 Å². The molecule has 12 heteroatoms. The number of hydrogen-bond acceptors (Lipinski definition) is 10. The van der Waals surface area contributed by atoms with E-state index in [2.05, 4.69) is 75.5 Å². The van der Waals surface area contributed by atoms with Crippen LogP contribution in [0.25, 0.3) is 11.4 Å². The van der Waals surface area contributed by atoms with Crippen LogP contribution in [-0.2, 0) is 4.74 Å². The van der Waals surface area contributed by atoms with Gasteiger partial charge in [-0.2, -0.15) is 0 Å². The topological polar surface area (TPSA) is 160 Å². The van der Waals surface area contributed by atoms with Crippen molar-refractivity contribution < 1.29 is 19.0 Å². The second kappa shape index (κ2) is 17.2. The summed E-state index contributed by atoms with van der Waals surface area (Å²) < 4.78 is 18.1. The maximum absolute atomic E-state index is 12.2. The van der Waals surface area contributed by atoms with E-state index < -0.39 is 17.2 Å². The van der Waals surface area contributed by atoms with Crippen molar-refractivity contribution in [3.8, 4) is 22.9 Å². The highest BCUT2D eigenvalue weighted by Gasteiger charge is 2.31. The van der Waals surface area contributed by atoms with E-state index in [9.17, 15) is 4.79 Å². The van der Waals surface area contributed by atoms with E-state index in [1.165, 1.54) is 6.33 Å². The number of carbonyl (C=O) groups excluding carboxylic acids is 1. The summed E-state index contributed by atoms with van der Waals surface area (Å²) in [4.78, 5) is 29.2.